The average molecular weight is 242 g/mol. The summed E-state index contributed by atoms with van der Waals surface area (Å²) in [7, 11) is -3.80. The molecular formula is C9H10N2O4S. The van der Waals surface area contributed by atoms with E-state index in [1.807, 2.05) is 0 Å². The zero-order chi connectivity index (χ0) is 11.6. The zero-order valence-corrected chi connectivity index (χ0v) is 9.11. The third-order valence-electron chi connectivity index (χ3n) is 1.98. The van der Waals surface area contributed by atoms with Crippen LogP contribution in [0, 0.1) is 0 Å². The number of hydrogen-bond donors (Lipinski definition) is 1. The van der Waals surface area contributed by atoms with Gasteiger partial charge >= 0.3 is 0 Å². The molecule has 0 amide bonds. The normalized spacial score (nSPS) is 15.9. The molecule has 16 heavy (non-hydrogen) atoms. The predicted molar refractivity (Wildman–Crippen MR) is 56.3 cm³/mol. The Morgan fingerprint density at radius 3 is 2.62 bits per heavy atom. The molecule has 86 valence electrons. The summed E-state index contributed by atoms with van der Waals surface area (Å²) in [6.45, 7) is 0.679. The van der Waals surface area contributed by atoms with Crippen LogP contribution in [0.15, 0.2) is 34.3 Å². The maximum atomic E-state index is 11.3. The predicted octanol–water partition coefficient (Wildman–Crippen LogP) is 0.0424. The van der Waals surface area contributed by atoms with Crippen molar-refractivity contribution in [1.29, 1.82) is 0 Å². The minimum absolute atomic E-state index is 0.0285. The van der Waals surface area contributed by atoms with Crippen molar-refractivity contribution >= 4 is 15.9 Å². The van der Waals surface area contributed by atoms with Crippen LogP contribution >= 0.6 is 0 Å². The quantitative estimate of drug-likeness (QED) is 0.792. The van der Waals surface area contributed by atoms with E-state index in [9.17, 15) is 8.42 Å². The Bertz CT molecular complexity index is 524. The Labute approximate surface area is 92.7 Å². The highest BCUT2D eigenvalue weighted by atomic mass is 32.2. The third kappa shape index (κ3) is 2.15. The molecule has 2 N–H and O–H groups in total. The van der Waals surface area contributed by atoms with E-state index in [0.717, 1.165) is 0 Å². The maximum absolute atomic E-state index is 11.3. The molecule has 0 saturated carbocycles. The summed E-state index contributed by atoms with van der Waals surface area (Å²) in [6, 6.07) is 6.20. The number of sulfonamides is 1. The fraction of sp³-hybridized carbons (Fsp3) is 0.222. The first-order chi connectivity index (χ1) is 7.59. The lowest BCUT2D eigenvalue weighted by atomic mass is 10.2. The van der Waals surface area contributed by atoms with Gasteiger partial charge in [-0.3, -0.25) is 0 Å². The molecule has 2 rings (SSSR count). The fourth-order valence-electron chi connectivity index (χ4n) is 1.32. The van der Waals surface area contributed by atoms with Gasteiger partial charge in [0.2, 0.25) is 10.0 Å². The number of nitrogens with two attached hydrogens (primary N) is 1. The smallest absolute Gasteiger partial charge is 0.259 e. The fourth-order valence-corrected chi connectivity index (χ4v) is 2.05. The molecule has 1 heterocycles. The van der Waals surface area contributed by atoms with E-state index in [0.29, 0.717) is 18.8 Å². The first kappa shape index (κ1) is 10.9. The molecule has 0 fully saturated rings. The molecule has 0 atom stereocenters. The average Bonchev–Trinajstić information content (AvgIpc) is 2.29. The first-order valence-electron chi connectivity index (χ1n) is 4.54. The molecular weight excluding hydrogens is 232 g/mol. The van der Waals surface area contributed by atoms with Gasteiger partial charge in [0.05, 0.1) is 10.5 Å². The number of primary sulfonamides is 1. The van der Waals surface area contributed by atoms with Gasteiger partial charge in [-0.25, -0.2) is 13.6 Å². The summed E-state index contributed by atoms with van der Waals surface area (Å²) >= 11 is 0. The summed E-state index contributed by atoms with van der Waals surface area (Å²) < 4.78 is 27.9. The van der Waals surface area contributed by atoms with E-state index in [1.54, 1.807) is 18.2 Å². The second-order valence-electron chi connectivity index (χ2n) is 3.12. The lowest BCUT2D eigenvalue weighted by Gasteiger charge is -2.15. The van der Waals surface area contributed by atoms with E-state index in [4.69, 9.17) is 14.7 Å². The van der Waals surface area contributed by atoms with Gasteiger partial charge in [0.15, 0.2) is 6.61 Å². The Hall–Kier alpha value is -1.60. The molecule has 0 bridgehead atoms. The van der Waals surface area contributed by atoms with Gasteiger partial charge in [0.1, 0.15) is 6.61 Å². The lowest BCUT2D eigenvalue weighted by molar-refractivity contribution is 0.0653. The van der Waals surface area contributed by atoms with Gasteiger partial charge in [-0.2, -0.15) is 0 Å². The van der Waals surface area contributed by atoms with Crippen molar-refractivity contribution in [2.75, 3.05) is 13.2 Å². The van der Waals surface area contributed by atoms with Gasteiger partial charge < -0.3 is 9.57 Å². The van der Waals surface area contributed by atoms with E-state index < -0.39 is 10.0 Å². The maximum Gasteiger partial charge on any atom is 0.259 e. The summed E-state index contributed by atoms with van der Waals surface area (Å²) in [5.74, 6) is 0.135. The van der Waals surface area contributed by atoms with Gasteiger partial charge in [-0.05, 0) is 17.3 Å². The Kier molecular flexibility index (Phi) is 2.80. The van der Waals surface area contributed by atoms with Crippen LogP contribution in [0.1, 0.15) is 5.56 Å². The van der Waals surface area contributed by atoms with Gasteiger partial charge in [-0.15, -0.1) is 0 Å². The number of hydrogen-bond acceptors (Lipinski definition) is 5. The highest BCUT2D eigenvalue weighted by molar-refractivity contribution is 7.89. The van der Waals surface area contributed by atoms with Gasteiger partial charge in [0.25, 0.3) is 5.90 Å². The SMILES string of the molecule is NS(=O)(=O)c1ccccc1C1=NOCCO1. The molecule has 0 aromatic heterocycles. The topological polar surface area (TPSA) is 91.0 Å². The molecule has 1 aromatic rings. The molecule has 0 aliphatic carbocycles. The Morgan fingerprint density at radius 1 is 1.25 bits per heavy atom. The summed E-state index contributed by atoms with van der Waals surface area (Å²) in [5, 5.41) is 8.73. The van der Waals surface area contributed by atoms with Crippen LogP contribution < -0.4 is 5.14 Å². The summed E-state index contributed by atoms with van der Waals surface area (Å²) in [6.07, 6.45) is 0. The first-order valence-corrected chi connectivity index (χ1v) is 6.08. The minimum atomic E-state index is -3.80. The van der Waals surface area contributed by atoms with Crippen molar-refractivity contribution in [3.05, 3.63) is 29.8 Å². The van der Waals surface area contributed by atoms with Gasteiger partial charge in [0, 0.05) is 0 Å². The Balaban J connectivity index is 2.52. The third-order valence-corrected chi connectivity index (χ3v) is 2.95. The van der Waals surface area contributed by atoms with Crippen LogP contribution in [0.25, 0.3) is 0 Å². The molecule has 0 unspecified atom stereocenters. The number of nitrogens with zero attached hydrogens (tertiary/aromatic N) is 1. The standard InChI is InChI=1S/C9H10N2O4S/c10-16(12,13)8-4-2-1-3-7(8)9-11-15-6-5-14-9/h1-4H,5-6H2,(H2,10,12,13). The minimum Gasteiger partial charge on any atom is -0.471 e. The summed E-state index contributed by atoms with van der Waals surface area (Å²) in [4.78, 5) is 4.80. The van der Waals surface area contributed by atoms with Gasteiger partial charge in [-0.1, -0.05) is 12.1 Å². The molecule has 0 saturated heterocycles. The van der Waals surface area contributed by atoms with Crippen molar-refractivity contribution in [2.45, 2.75) is 4.90 Å². The van der Waals surface area contributed by atoms with E-state index in [1.165, 1.54) is 6.07 Å². The van der Waals surface area contributed by atoms with Crippen LogP contribution in [0.5, 0.6) is 0 Å². The number of ether oxygens (including phenoxy) is 1. The highest BCUT2D eigenvalue weighted by Crippen LogP contribution is 2.16. The second-order valence-corrected chi connectivity index (χ2v) is 4.65. The van der Waals surface area contributed by atoms with Crippen molar-refractivity contribution < 1.29 is 18.0 Å². The monoisotopic (exact) mass is 242 g/mol. The van der Waals surface area contributed by atoms with Crippen LogP contribution in [0.3, 0.4) is 0 Å². The number of oxime groups is 1. The van der Waals surface area contributed by atoms with Crippen molar-refractivity contribution in [3.8, 4) is 0 Å². The van der Waals surface area contributed by atoms with Crippen LogP contribution in [-0.4, -0.2) is 27.5 Å². The second kappa shape index (κ2) is 4.11. The molecule has 1 aliphatic heterocycles. The van der Waals surface area contributed by atoms with E-state index >= 15 is 0 Å². The van der Waals surface area contributed by atoms with Crippen LogP contribution in [-0.2, 0) is 19.6 Å². The van der Waals surface area contributed by atoms with Crippen molar-refractivity contribution in [3.63, 3.8) is 0 Å². The van der Waals surface area contributed by atoms with E-state index in [-0.39, 0.29) is 10.8 Å². The number of benzene rings is 1. The Morgan fingerprint density at radius 2 is 2.00 bits per heavy atom. The molecule has 1 aromatic carbocycles. The van der Waals surface area contributed by atoms with Crippen LogP contribution in [0.4, 0.5) is 0 Å². The largest absolute Gasteiger partial charge is 0.471 e. The molecule has 0 radical (unpaired) electrons. The zero-order valence-electron chi connectivity index (χ0n) is 8.29. The van der Waals surface area contributed by atoms with E-state index in [2.05, 4.69) is 5.16 Å². The van der Waals surface area contributed by atoms with Crippen molar-refractivity contribution in [2.24, 2.45) is 10.3 Å². The molecule has 6 nitrogen and oxygen atoms in total. The highest BCUT2D eigenvalue weighted by Gasteiger charge is 2.20. The number of rotatable bonds is 2. The lowest BCUT2D eigenvalue weighted by Crippen LogP contribution is -2.22. The summed E-state index contributed by atoms with van der Waals surface area (Å²) in [5.41, 5.74) is 0.310. The molecule has 0 spiro atoms. The molecule has 1 aliphatic rings. The van der Waals surface area contributed by atoms with Crippen LogP contribution in [0.2, 0.25) is 0 Å². The van der Waals surface area contributed by atoms with Crippen molar-refractivity contribution in [1.82, 2.24) is 0 Å². The molecule has 7 heteroatoms.